The maximum atomic E-state index is 2.16. The Morgan fingerprint density at radius 2 is 1.55 bits per heavy atom. The molecule has 0 saturated carbocycles. The van der Waals surface area contributed by atoms with Crippen molar-refractivity contribution in [3.8, 4) is 0 Å². The first-order chi connectivity index (χ1) is 5.38. The fourth-order valence-electron chi connectivity index (χ4n) is 1.23. The van der Waals surface area contributed by atoms with Crippen molar-refractivity contribution >= 4 is 31.7 Å². The Balaban J connectivity index is 2.91. The van der Waals surface area contributed by atoms with Gasteiger partial charge in [0.05, 0.1) is 0 Å². The van der Waals surface area contributed by atoms with E-state index in [-0.39, 0.29) is 0 Å². The molecule has 51 valence electrons. The van der Waals surface area contributed by atoms with E-state index in [1.807, 2.05) is 0 Å². The van der Waals surface area contributed by atoms with E-state index in [1.165, 1.54) is 15.2 Å². The molecule has 0 aliphatic rings. The molecule has 0 aliphatic carbocycles. The Bertz CT molecular complexity index is 374. The number of fused-ring (bicyclic) bond motifs is 1. The molecule has 0 N–H and O–H groups in total. The second-order valence-electron chi connectivity index (χ2n) is 2.53. The molecular weight excluding hydrogens is 193 g/mol. The molecule has 2 rings (SSSR count). The Hall–Kier alpha value is -0.757. The third-order valence-electron chi connectivity index (χ3n) is 1.79. The van der Waals surface area contributed by atoms with E-state index in [1.54, 1.807) is 0 Å². The monoisotopic (exact) mass is 201 g/mol. The molecule has 0 fully saturated rings. The second kappa shape index (κ2) is 2.70. The maximum absolute atomic E-state index is 2.16. The summed E-state index contributed by atoms with van der Waals surface area (Å²) in [5.74, 6) is 0. The van der Waals surface area contributed by atoms with Gasteiger partial charge in [0.25, 0.3) is 0 Å². The summed E-state index contributed by atoms with van der Waals surface area (Å²) in [5, 5.41) is 2.68. The first kappa shape index (κ1) is 6.92. The average molecular weight is 200 g/mol. The van der Waals surface area contributed by atoms with Crippen molar-refractivity contribution in [3.63, 3.8) is 0 Å². The SMILES string of the molecule is [Ge][c]1cccc2ccccc12. The Morgan fingerprint density at radius 1 is 0.818 bits per heavy atom. The van der Waals surface area contributed by atoms with Crippen LogP contribution < -0.4 is 4.40 Å². The van der Waals surface area contributed by atoms with E-state index >= 15 is 0 Å². The molecule has 0 saturated heterocycles. The third-order valence-corrected chi connectivity index (χ3v) is 2.70. The van der Waals surface area contributed by atoms with Crippen LogP contribution in [0.25, 0.3) is 10.8 Å². The van der Waals surface area contributed by atoms with Gasteiger partial charge in [0.2, 0.25) is 0 Å². The van der Waals surface area contributed by atoms with E-state index in [9.17, 15) is 0 Å². The average Bonchev–Trinajstić information content (AvgIpc) is 2.06. The van der Waals surface area contributed by atoms with Crippen LogP contribution in [0.1, 0.15) is 0 Å². The molecule has 0 nitrogen and oxygen atoms in total. The Morgan fingerprint density at radius 3 is 2.36 bits per heavy atom. The van der Waals surface area contributed by atoms with Crippen LogP contribution in [-0.2, 0) is 0 Å². The molecule has 0 atom stereocenters. The van der Waals surface area contributed by atoms with Crippen LogP contribution in [0.2, 0.25) is 0 Å². The van der Waals surface area contributed by atoms with Gasteiger partial charge in [-0.15, -0.1) is 0 Å². The van der Waals surface area contributed by atoms with E-state index < -0.39 is 0 Å². The van der Waals surface area contributed by atoms with Gasteiger partial charge >= 0.3 is 74.1 Å². The molecule has 0 unspecified atom stereocenters. The molecule has 2 aromatic rings. The molecule has 0 spiro atoms. The van der Waals surface area contributed by atoms with Gasteiger partial charge in [-0.3, -0.25) is 0 Å². The van der Waals surface area contributed by atoms with E-state index in [4.69, 9.17) is 0 Å². The molecule has 0 amide bonds. The third kappa shape index (κ3) is 1.18. The fourth-order valence-corrected chi connectivity index (χ4v) is 1.90. The Labute approximate surface area is 74.5 Å². The molecule has 0 heterocycles. The zero-order chi connectivity index (χ0) is 7.68. The van der Waals surface area contributed by atoms with Crippen LogP contribution in [0.4, 0.5) is 0 Å². The van der Waals surface area contributed by atoms with Crippen molar-refractivity contribution in [1.82, 2.24) is 0 Å². The predicted molar refractivity (Wildman–Crippen MR) is 49.3 cm³/mol. The summed E-state index contributed by atoms with van der Waals surface area (Å²) < 4.78 is 1.35. The van der Waals surface area contributed by atoms with Gasteiger partial charge in [-0.1, -0.05) is 0 Å². The van der Waals surface area contributed by atoms with Gasteiger partial charge in [0, 0.05) is 0 Å². The Kier molecular flexibility index (Phi) is 1.70. The van der Waals surface area contributed by atoms with Crippen LogP contribution in [0, 0.1) is 0 Å². The zero-order valence-corrected chi connectivity index (χ0v) is 8.14. The van der Waals surface area contributed by atoms with Gasteiger partial charge in [0.1, 0.15) is 0 Å². The summed E-state index contributed by atoms with van der Waals surface area (Å²) in [6.07, 6.45) is 0. The topological polar surface area (TPSA) is 0 Å². The molecule has 0 aromatic heterocycles. The molecule has 0 aliphatic heterocycles. The van der Waals surface area contributed by atoms with Crippen LogP contribution >= 0.6 is 0 Å². The van der Waals surface area contributed by atoms with Crippen LogP contribution in [0.3, 0.4) is 0 Å². The van der Waals surface area contributed by atoms with Crippen molar-refractivity contribution in [2.24, 2.45) is 0 Å². The molecule has 0 bridgehead atoms. The van der Waals surface area contributed by atoms with Gasteiger partial charge in [-0.05, 0) is 0 Å². The molecule has 3 radical (unpaired) electrons. The number of hydrogen-bond donors (Lipinski definition) is 0. The molecular formula is C10H7Ge. The van der Waals surface area contributed by atoms with E-state index in [0.717, 1.165) is 0 Å². The van der Waals surface area contributed by atoms with Gasteiger partial charge in [-0.25, -0.2) is 0 Å². The van der Waals surface area contributed by atoms with Gasteiger partial charge in [0.15, 0.2) is 0 Å². The minimum atomic E-state index is 1.33. The predicted octanol–water partition coefficient (Wildman–Crippen LogP) is 1.63. The first-order valence-electron chi connectivity index (χ1n) is 3.57. The normalized spacial score (nSPS) is 10.3. The molecule has 11 heavy (non-hydrogen) atoms. The fraction of sp³-hybridized carbons (Fsp3) is 0. The van der Waals surface area contributed by atoms with Crippen molar-refractivity contribution < 1.29 is 0 Å². The summed E-state index contributed by atoms with van der Waals surface area (Å²) in [6, 6.07) is 14.8. The zero-order valence-electron chi connectivity index (χ0n) is 6.04. The summed E-state index contributed by atoms with van der Waals surface area (Å²) >= 11 is 2.14. The van der Waals surface area contributed by atoms with Crippen molar-refractivity contribution in [2.75, 3.05) is 0 Å². The van der Waals surface area contributed by atoms with Gasteiger partial charge in [-0.2, -0.15) is 0 Å². The van der Waals surface area contributed by atoms with Crippen LogP contribution in [0.15, 0.2) is 42.5 Å². The summed E-state index contributed by atoms with van der Waals surface area (Å²) in [4.78, 5) is 0. The van der Waals surface area contributed by atoms with Crippen molar-refractivity contribution in [2.45, 2.75) is 0 Å². The van der Waals surface area contributed by atoms with E-state index in [0.29, 0.717) is 0 Å². The number of rotatable bonds is 0. The standard InChI is InChI=1S/C10H7Ge/c11-10-7-3-5-8-4-1-2-6-9(8)10/h1-7H. The van der Waals surface area contributed by atoms with Gasteiger partial charge < -0.3 is 0 Å². The summed E-state index contributed by atoms with van der Waals surface area (Å²) in [5.41, 5.74) is 0. The molecule has 1 heteroatoms. The van der Waals surface area contributed by atoms with E-state index in [2.05, 4.69) is 59.0 Å². The number of hydrogen-bond acceptors (Lipinski definition) is 0. The van der Waals surface area contributed by atoms with Crippen LogP contribution in [0.5, 0.6) is 0 Å². The second-order valence-corrected chi connectivity index (χ2v) is 3.66. The minimum absolute atomic E-state index is 1.33. The molecule has 2 aromatic carbocycles. The number of benzene rings is 2. The summed E-state index contributed by atoms with van der Waals surface area (Å²) in [7, 11) is 0. The van der Waals surface area contributed by atoms with Crippen molar-refractivity contribution in [1.29, 1.82) is 0 Å². The quantitative estimate of drug-likeness (QED) is 0.566. The van der Waals surface area contributed by atoms with Crippen molar-refractivity contribution in [3.05, 3.63) is 42.5 Å². The first-order valence-corrected chi connectivity index (χ1v) is 4.62. The summed E-state index contributed by atoms with van der Waals surface area (Å²) in [6.45, 7) is 0. The van der Waals surface area contributed by atoms with Crippen LogP contribution in [-0.4, -0.2) is 16.5 Å².